The summed E-state index contributed by atoms with van der Waals surface area (Å²) in [6.45, 7) is 2.22. The molecule has 0 saturated carbocycles. The number of carbonyl (C=O) groups is 2. The van der Waals surface area contributed by atoms with Gasteiger partial charge in [-0.3, -0.25) is 9.59 Å². The molecule has 26 heavy (non-hydrogen) atoms. The van der Waals surface area contributed by atoms with Crippen LogP contribution in [0.5, 0.6) is 0 Å². The smallest absolute Gasteiger partial charge is 0.291 e. The Balaban J connectivity index is 1.70. The lowest BCUT2D eigenvalue weighted by Gasteiger charge is -2.10. The molecule has 0 radical (unpaired) electrons. The summed E-state index contributed by atoms with van der Waals surface area (Å²) in [5, 5.41) is 6.22. The average molecular weight is 369 g/mol. The van der Waals surface area contributed by atoms with Gasteiger partial charge in [-0.25, -0.2) is 0 Å². The maximum absolute atomic E-state index is 12.4. The third-order valence-electron chi connectivity index (χ3n) is 3.84. The Bertz CT molecular complexity index is 936. The van der Waals surface area contributed by atoms with Crippen LogP contribution in [0.25, 0.3) is 0 Å². The molecule has 0 atom stereocenters. The van der Waals surface area contributed by atoms with Crippen LogP contribution in [0, 0.1) is 6.92 Å². The summed E-state index contributed by atoms with van der Waals surface area (Å²) in [5.74, 6) is -0.395. The monoisotopic (exact) mass is 368 g/mol. The second-order valence-electron chi connectivity index (χ2n) is 5.77. The lowest BCUT2D eigenvalue weighted by molar-refractivity contribution is 0.0949. The summed E-state index contributed by atoms with van der Waals surface area (Å²) in [7, 11) is 0. The lowest BCUT2D eigenvalue weighted by Crippen LogP contribution is -2.23. The summed E-state index contributed by atoms with van der Waals surface area (Å²) in [6.07, 6.45) is 1.43. The van der Waals surface area contributed by atoms with Crippen molar-refractivity contribution in [3.8, 4) is 0 Å². The van der Waals surface area contributed by atoms with Crippen LogP contribution >= 0.6 is 11.6 Å². The standard InChI is InChI=1S/C20H17ClN2O3/c1-13-7-8-15(11-17(13)23-20(25)18-6-3-9-26-18)19(24)22-12-14-4-2-5-16(21)10-14/h2-11H,12H2,1H3,(H,22,24)(H,23,25). The van der Waals surface area contributed by atoms with Crippen molar-refractivity contribution in [3.63, 3.8) is 0 Å². The highest BCUT2D eigenvalue weighted by Gasteiger charge is 2.13. The number of nitrogens with one attached hydrogen (secondary N) is 2. The molecule has 1 heterocycles. The van der Waals surface area contributed by atoms with Crippen molar-refractivity contribution in [2.45, 2.75) is 13.5 Å². The van der Waals surface area contributed by atoms with E-state index in [1.807, 2.05) is 19.1 Å². The molecule has 0 fully saturated rings. The molecule has 3 aromatic rings. The van der Waals surface area contributed by atoms with E-state index in [1.54, 1.807) is 42.5 Å². The number of aryl methyl sites for hydroxylation is 1. The van der Waals surface area contributed by atoms with Gasteiger partial charge in [-0.15, -0.1) is 0 Å². The Morgan fingerprint density at radius 2 is 1.88 bits per heavy atom. The van der Waals surface area contributed by atoms with Crippen LogP contribution in [0.4, 0.5) is 5.69 Å². The van der Waals surface area contributed by atoms with Crippen molar-refractivity contribution in [2.75, 3.05) is 5.32 Å². The quantitative estimate of drug-likeness (QED) is 0.700. The summed E-state index contributed by atoms with van der Waals surface area (Å²) in [6, 6.07) is 15.6. The first-order valence-electron chi connectivity index (χ1n) is 8.01. The highest BCUT2D eigenvalue weighted by Crippen LogP contribution is 2.18. The molecular weight excluding hydrogens is 352 g/mol. The zero-order valence-corrected chi connectivity index (χ0v) is 14.8. The van der Waals surface area contributed by atoms with Crippen LogP contribution in [-0.4, -0.2) is 11.8 Å². The lowest BCUT2D eigenvalue weighted by atomic mass is 10.1. The van der Waals surface area contributed by atoms with Gasteiger partial charge in [0.2, 0.25) is 0 Å². The molecule has 2 aromatic carbocycles. The van der Waals surface area contributed by atoms with E-state index in [1.165, 1.54) is 6.26 Å². The molecule has 0 bridgehead atoms. The number of anilines is 1. The van der Waals surface area contributed by atoms with Gasteiger partial charge in [-0.05, 0) is 54.4 Å². The number of amides is 2. The number of halogens is 1. The van der Waals surface area contributed by atoms with Crippen molar-refractivity contribution < 1.29 is 14.0 Å². The van der Waals surface area contributed by atoms with E-state index in [9.17, 15) is 9.59 Å². The number of furan rings is 1. The molecule has 6 heteroatoms. The minimum atomic E-state index is -0.366. The molecular formula is C20H17ClN2O3. The Labute approximate surface area is 156 Å². The maximum Gasteiger partial charge on any atom is 0.291 e. The minimum absolute atomic E-state index is 0.209. The predicted molar refractivity (Wildman–Crippen MR) is 100 cm³/mol. The van der Waals surface area contributed by atoms with Gasteiger partial charge in [0.15, 0.2) is 5.76 Å². The third-order valence-corrected chi connectivity index (χ3v) is 4.07. The molecule has 2 N–H and O–H groups in total. The zero-order valence-electron chi connectivity index (χ0n) is 14.1. The summed E-state index contributed by atoms with van der Waals surface area (Å²) < 4.78 is 5.08. The third kappa shape index (κ3) is 4.32. The SMILES string of the molecule is Cc1ccc(C(=O)NCc2cccc(Cl)c2)cc1NC(=O)c1ccco1. The van der Waals surface area contributed by atoms with Crippen LogP contribution in [0.2, 0.25) is 5.02 Å². The van der Waals surface area contributed by atoms with E-state index in [0.29, 0.717) is 22.8 Å². The fourth-order valence-electron chi connectivity index (χ4n) is 2.42. The van der Waals surface area contributed by atoms with Crippen molar-refractivity contribution in [1.82, 2.24) is 5.32 Å². The van der Waals surface area contributed by atoms with Gasteiger partial charge in [0.25, 0.3) is 11.8 Å². The zero-order chi connectivity index (χ0) is 18.5. The van der Waals surface area contributed by atoms with Crippen LogP contribution in [0.3, 0.4) is 0 Å². The predicted octanol–water partition coefficient (Wildman–Crippen LogP) is 4.42. The van der Waals surface area contributed by atoms with E-state index in [-0.39, 0.29) is 17.6 Å². The molecule has 3 rings (SSSR count). The highest BCUT2D eigenvalue weighted by atomic mass is 35.5. The normalized spacial score (nSPS) is 10.4. The number of hydrogen-bond donors (Lipinski definition) is 2. The Kier molecular flexibility index (Phi) is 5.39. The van der Waals surface area contributed by atoms with E-state index in [0.717, 1.165) is 11.1 Å². The molecule has 0 aliphatic heterocycles. The Morgan fingerprint density at radius 3 is 2.62 bits per heavy atom. The molecule has 132 valence electrons. The van der Waals surface area contributed by atoms with Gasteiger partial charge in [0.1, 0.15) is 0 Å². The second kappa shape index (κ2) is 7.89. The Hall–Kier alpha value is -3.05. The topological polar surface area (TPSA) is 71.3 Å². The molecule has 0 aliphatic carbocycles. The molecule has 0 spiro atoms. The first-order valence-corrected chi connectivity index (χ1v) is 8.39. The van der Waals surface area contributed by atoms with E-state index in [4.69, 9.17) is 16.0 Å². The summed E-state index contributed by atoms with van der Waals surface area (Å²) >= 11 is 5.95. The van der Waals surface area contributed by atoms with Crippen LogP contribution in [-0.2, 0) is 6.54 Å². The van der Waals surface area contributed by atoms with Crippen LogP contribution in [0.15, 0.2) is 65.3 Å². The van der Waals surface area contributed by atoms with E-state index >= 15 is 0 Å². The van der Waals surface area contributed by atoms with Gasteiger partial charge < -0.3 is 15.1 Å². The molecule has 5 nitrogen and oxygen atoms in total. The van der Waals surface area contributed by atoms with Crippen LogP contribution in [0.1, 0.15) is 32.0 Å². The van der Waals surface area contributed by atoms with Gasteiger partial charge in [-0.2, -0.15) is 0 Å². The van der Waals surface area contributed by atoms with Crippen molar-refractivity contribution in [1.29, 1.82) is 0 Å². The van der Waals surface area contributed by atoms with Gasteiger partial charge >= 0.3 is 0 Å². The van der Waals surface area contributed by atoms with Crippen molar-refractivity contribution in [3.05, 3.63) is 88.3 Å². The van der Waals surface area contributed by atoms with Crippen LogP contribution < -0.4 is 10.6 Å². The fourth-order valence-corrected chi connectivity index (χ4v) is 2.63. The van der Waals surface area contributed by atoms with Crippen molar-refractivity contribution in [2.24, 2.45) is 0 Å². The first-order chi connectivity index (χ1) is 12.5. The molecule has 0 aliphatic rings. The fraction of sp³-hybridized carbons (Fsp3) is 0.100. The minimum Gasteiger partial charge on any atom is -0.459 e. The second-order valence-corrected chi connectivity index (χ2v) is 6.21. The molecule has 1 aromatic heterocycles. The summed E-state index contributed by atoms with van der Waals surface area (Å²) in [5.41, 5.74) is 2.76. The van der Waals surface area contributed by atoms with E-state index < -0.39 is 0 Å². The van der Waals surface area contributed by atoms with Crippen molar-refractivity contribution >= 4 is 29.1 Å². The van der Waals surface area contributed by atoms with Gasteiger partial charge in [0, 0.05) is 22.8 Å². The number of rotatable bonds is 5. The van der Waals surface area contributed by atoms with E-state index in [2.05, 4.69) is 10.6 Å². The number of hydrogen-bond acceptors (Lipinski definition) is 3. The van der Waals surface area contributed by atoms with Gasteiger partial charge in [0.05, 0.1) is 6.26 Å². The molecule has 0 unspecified atom stereocenters. The number of benzene rings is 2. The average Bonchev–Trinajstić information content (AvgIpc) is 3.16. The summed E-state index contributed by atoms with van der Waals surface area (Å²) in [4.78, 5) is 24.5. The molecule has 2 amide bonds. The largest absolute Gasteiger partial charge is 0.459 e. The highest BCUT2D eigenvalue weighted by molar-refractivity contribution is 6.30. The van der Waals surface area contributed by atoms with Gasteiger partial charge in [-0.1, -0.05) is 29.8 Å². The maximum atomic E-state index is 12.4. The Morgan fingerprint density at radius 1 is 1.04 bits per heavy atom. The number of carbonyl (C=O) groups excluding carboxylic acids is 2. The molecule has 0 saturated heterocycles. The first kappa shape index (κ1) is 17.8.